The second kappa shape index (κ2) is 3.48. The van der Waals surface area contributed by atoms with Gasteiger partial charge in [0.15, 0.2) is 0 Å². The van der Waals surface area contributed by atoms with Gasteiger partial charge in [-0.3, -0.25) is 4.90 Å². The van der Waals surface area contributed by atoms with Crippen molar-refractivity contribution in [3.8, 4) is 0 Å². The lowest BCUT2D eigenvalue weighted by atomic mass is 10.1. The molecule has 0 saturated carbocycles. The van der Waals surface area contributed by atoms with Crippen molar-refractivity contribution >= 4 is 0 Å². The van der Waals surface area contributed by atoms with Crippen LogP contribution in [-0.4, -0.2) is 17.5 Å². The van der Waals surface area contributed by atoms with Gasteiger partial charge < -0.3 is 5.73 Å². The quantitative estimate of drug-likeness (QED) is 0.737. The zero-order valence-corrected chi connectivity index (χ0v) is 8.03. The van der Waals surface area contributed by atoms with Crippen molar-refractivity contribution in [2.45, 2.75) is 26.1 Å². The molecule has 70 valence electrons. The largest absolute Gasteiger partial charge is 0.327 e. The first-order valence-electron chi connectivity index (χ1n) is 4.80. The van der Waals surface area contributed by atoms with E-state index >= 15 is 0 Å². The molecular formula is C11H16N2. The van der Waals surface area contributed by atoms with E-state index in [0.29, 0.717) is 0 Å². The summed E-state index contributed by atoms with van der Waals surface area (Å²) >= 11 is 0. The normalized spacial score (nSPS) is 18.6. The molecule has 0 aromatic heterocycles. The number of hydrogen-bond donors (Lipinski definition) is 1. The van der Waals surface area contributed by atoms with Crippen LogP contribution in [-0.2, 0) is 13.1 Å². The first-order valence-corrected chi connectivity index (χ1v) is 4.80. The number of fused-ring (bicyclic) bond motifs is 1. The summed E-state index contributed by atoms with van der Waals surface area (Å²) in [5.74, 6) is 0. The third-order valence-corrected chi connectivity index (χ3v) is 2.45. The number of rotatable bonds is 2. The molecule has 1 aliphatic rings. The number of hydrogen-bond acceptors (Lipinski definition) is 2. The summed E-state index contributed by atoms with van der Waals surface area (Å²) in [6.07, 6.45) is 0. The molecule has 0 bridgehead atoms. The summed E-state index contributed by atoms with van der Waals surface area (Å²) in [5, 5.41) is 0. The lowest BCUT2D eigenvalue weighted by molar-refractivity contribution is 0.270. The Morgan fingerprint density at radius 1 is 1.31 bits per heavy atom. The van der Waals surface area contributed by atoms with Crippen molar-refractivity contribution in [1.82, 2.24) is 4.90 Å². The highest BCUT2D eigenvalue weighted by Crippen LogP contribution is 2.21. The molecule has 2 rings (SSSR count). The van der Waals surface area contributed by atoms with Crippen LogP contribution < -0.4 is 5.73 Å². The lowest BCUT2D eigenvalue weighted by Crippen LogP contribution is -2.31. The van der Waals surface area contributed by atoms with Gasteiger partial charge in [-0.25, -0.2) is 0 Å². The third kappa shape index (κ3) is 1.90. The summed E-state index contributed by atoms with van der Waals surface area (Å²) in [7, 11) is 0. The highest BCUT2D eigenvalue weighted by molar-refractivity contribution is 5.30. The number of nitrogens with two attached hydrogens (primary N) is 1. The van der Waals surface area contributed by atoms with Crippen LogP contribution in [0.25, 0.3) is 0 Å². The maximum absolute atomic E-state index is 5.77. The fourth-order valence-electron chi connectivity index (χ4n) is 1.94. The van der Waals surface area contributed by atoms with E-state index in [1.54, 1.807) is 0 Å². The Bertz CT molecular complexity index is 269. The fraction of sp³-hybridized carbons (Fsp3) is 0.455. The Morgan fingerprint density at radius 2 is 1.85 bits per heavy atom. The number of benzene rings is 1. The Balaban J connectivity index is 2.05. The molecule has 2 N–H and O–H groups in total. The molecule has 0 amide bonds. The molecular weight excluding hydrogens is 160 g/mol. The van der Waals surface area contributed by atoms with Crippen LogP contribution in [0.3, 0.4) is 0 Å². The van der Waals surface area contributed by atoms with Crippen molar-refractivity contribution in [3.63, 3.8) is 0 Å². The molecule has 1 aromatic carbocycles. The summed E-state index contributed by atoms with van der Waals surface area (Å²) in [5.41, 5.74) is 8.69. The molecule has 0 radical (unpaired) electrons. The maximum atomic E-state index is 5.77. The van der Waals surface area contributed by atoms with E-state index < -0.39 is 0 Å². The van der Waals surface area contributed by atoms with E-state index in [4.69, 9.17) is 5.73 Å². The minimum atomic E-state index is 0.273. The van der Waals surface area contributed by atoms with E-state index in [-0.39, 0.29) is 6.04 Å². The van der Waals surface area contributed by atoms with Crippen LogP contribution in [0.5, 0.6) is 0 Å². The van der Waals surface area contributed by atoms with E-state index in [2.05, 4.69) is 36.1 Å². The summed E-state index contributed by atoms with van der Waals surface area (Å²) in [6, 6.07) is 8.89. The Kier molecular flexibility index (Phi) is 2.34. The van der Waals surface area contributed by atoms with Crippen molar-refractivity contribution in [1.29, 1.82) is 0 Å². The van der Waals surface area contributed by atoms with E-state index in [9.17, 15) is 0 Å². The van der Waals surface area contributed by atoms with Crippen molar-refractivity contribution in [3.05, 3.63) is 35.4 Å². The van der Waals surface area contributed by atoms with Crippen molar-refractivity contribution < 1.29 is 0 Å². The summed E-state index contributed by atoms with van der Waals surface area (Å²) in [6.45, 7) is 5.19. The monoisotopic (exact) mass is 176 g/mol. The predicted molar refractivity (Wildman–Crippen MR) is 54.2 cm³/mol. The zero-order chi connectivity index (χ0) is 9.26. The van der Waals surface area contributed by atoms with Crippen LogP contribution in [0.1, 0.15) is 18.1 Å². The van der Waals surface area contributed by atoms with Gasteiger partial charge in [-0.1, -0.05) is 24.3 Å². The Hall–Kier alpha value is -0.860. The Morgan fingerprint density at radius 3 is 2.31 bits per heavy atom. The zero-order valence-electron chi connectivity index (χ0n) is 8.03. The molecule has 1 aliphatic heterocycles. The molecule has 2 nitrogen and oxygen atoms in total. The smallest absolute Gasteiger partial charge is 0.0241 e. The Labute approximate surface area is 79.4 Å². The average molecular weight is 176 g/mol. The van der Waals surface area contributed by atoms with Gasteiger partial charge in [0.2, 0.25) is 0 Å². The van der Waals surface area contributed by atoms with Crippen LogP contribution in [0.4, 0.5) is 0 Å². The van der Waals surface area contributed by atoms with Gasteiger partial charge in [-0.15, -0.1) is 0 Å². The van der Waals surface area contributed by atoms with Crippen LogP contribution in [0, 0.1) is 0 Å². The number of nitrogens with zero attached hydrogens (tertiary/aromatic N) is 1. The molecule has 1 aromatic rings. The molecule has 0 aliphatic carbocycles. The molecule has 2 heteroatoms. The molecule has 13 heavy (non-hydrogen) atoms. The van der Waals surface area contributed by atoms with Crippen LogP contribution in [0.15, 0.2) is 24.3 Å². The van der Waals surface area contributed by atoms with Crippen LogP contribution in [0.2, 0.25) is 0 Å². The van der Waals surface area contributed by atoms with Gasteiger partial charge in [-0.2, -0.15) is 0 Å². The van der Waals surface area contributed by atoms with Gasteiger partial charge in [0.05, 0.1) is 0 Å². The molecule has 1 heterocycles. The topological polar surface area (TPSA) is 29.3 Å². The van der Waals surface area contributed by atoms with E-state index in [1.165, 1.54) is 11.1 Å². The minimum Gasteiger partial charge on any atom is -0.327 e. The second-order valence-corrected chi connectivity index (χ2v) is 3.92. The van der Waals surface area contributed by atoms with Gasteiger partial charge >= 0.3 is 0 Å². The highest BCUT2D eigenvalue weighted by atomic mass is 15.1. The van der Waals surface area contributed by atoms with Crippen molar-refractivity contribution in [2.75, 3.05) is 6.54 Å². The highest BCUT2D eigenvalue weighted by Gasteiger charge is 2.18. The summed E-state index contributed by atoms with van der Waals surface area (Å²) in [4.78, 5) is 2.40. The fourth-order valence-corrected chi connectivity index (χ4v) is 1.94. The predicted octanol–water partition coefficient (Wildman–Crippen LogP) is 1.35. The average Bonchev–Trinajstić information content (AvgIpc) is 2.44. The van der Waals surface area contributed by atoms with E-state index in [1.807, 2.05) is 0 Å². The van der Waals surface area contributed by atoms with Gasteiger partial charge in [-0.05, 0) is 18.1 Å². The molecule has 1 atom stereocenters. The standard InChI is InChI=1S/C11H16N2/c1-9(12)6-13-7-10-4-2-3-5-11(10)8-13/h2-5,9H,6-8,12H2,1H3. The molecule has 0 spiro atoms. The first kappa shape index (κ1) is 8.73. The molecule has 0 fully saturated rings. The van der Waals surface area contributed by atoms with Gasteiger partial charge in [0.1, 0.15) is 0 Å². The lowest BCUT2D eigenvalue weighted by Gasteiger charge is -2.16. The minimum absolute atomic E-state index is 0.273. The van der Waals surface area contributed by atoms with Crippen LogP contribution >= 0.6 is 0 Å². The summed E-state index contributed by atoms with van der Waals surface area (Å²) < 4.78 is 0. The molecule has 1 unspecified atom stereocenters. The van der Waals surface area contributed by atoms with Gasteiger partial charge in [0.25, 0.3) is 0 Å². The first-order chi connectivity index (χ1) is 6.25. The van der Waals surface area contributed by atoms with Crippen molar-refractivity contribution in [2.24, 2.45) is 5.73 Å². The van der Waals surface area contributed by atoms with E-state index in [0.717, 1.165) is 19.6 Å². The second-order valence-electron chi connectivity index (χ2n) is 3.92. The van der Waals surface area contributed by atoms with Gasteiger partial charge in [0, 0.05) is 25.7 Å². The molecule has 0 saturated heterocycles. The maximum Gasteiger partial charge on any atom is 0.0241 e. The third-order valence-electron chi connectivity index (χ3n) is 2.45. The SMILES string of the molecule is CC(N)CN1Cc2ccccc2C1.